The molecule has 2 aliphatic rings. The summed E-state index contributed by atoms with van der Waals surface area (Å²) in [6, 6.07) is 0. The van der Waals surface area contributed by atoms with Gasteiger partial charge in [0.2, 0.25) is 0 Å². The van der Waals surface area contributed by atoms with Gasteiger partial charge in [-0.25, -0.2) is 0 Å². The van der Waals surface area contributed by atoms with Gasteiger partial charge in [-0.15, -0.1) is 0 Å². The number of hydrogen-bond donors (Lipinski definition) is 2. The summed E-state index contributed by atoms with van der Waals surface area (Å²) in [5.41, 5.74) is 0. The molecule has 0 aromatic heterocycles. The van der Waals surface area contributed by atoms with Crippen molar-refractivity contribution in [2.45, 2.75) is 476 Å². The van der Waals surface area contributed by atoms with Crippen molar-refractivity contribution in [1.29, 1.82) is 0 Å². The molecule has 4 unspecified atom stereocenters. The van der Waals surface area contributed by atoms with Gasteiger partial charge >= 0.3 is 5.97 Å². The van der Waals surface area contributed by atoms with Crippen molar-refractivity contribution in [2.75, 3.05) is 0 Å². The molecule has 83 heavy (non-hydrogen) atoms. The van der Waals surface area contributed by atoms with E-state index >= 15 is 0 Å². The van der Waals surface area contributed by atoms with Crippen LogP contribution in [0.25, 0.3) is 0 Å². The van der Waals surface area contributed by atoms with Crippen molar-refractivity contribution in [3.8, 4) is 0 Å². The van der Waals surface area contributed by atoms with Crippen LogP contribution in [0.5, 0.6) is 0 Å². The Kier molecular flexibility index (Phi) is 59.6. The van der Waals surface area contributed by atoms with Gasteiger partial charge in [-0.1, -0.05) is 444 Å². The van der Waals surface area contributed by atoms with Crippen molar-refractivity contribution in [3.05, 3.63) is 0 Å². The highest BCUT2D eigenvalue weighted by Crippen LogP contribution is 2.47. The predicted octanol–water partition coefficient (Wildman–Crippen LogP) is 28.3. The molecule has 0 aromatic carbocycles. The Morgan fingerprint density at radius 2 is 0.410 bits per heavy atom. The van der Waals surface area contributed by atoms with Crippen molar-refractivity contribution in [1.82, 2.24) is 0 Å². The van der Waals surface area contributed by atoms with Crippen LogP contribution in [-0.2, 0) is 4.79 Å². The van der Waals surface area contributed by atoms with Gasteiger partial charge in [-0.2, -0.15) is 0 Å². The van der Waals surface area contributed by atoms with Crippen LogP contribution >= 0.6 is 0 Å². The van der Waals surface area contributed by atoms with E-state index in [2.05, 4.69) is 13.8 Å². The van der Waals surface area contributed by atoms with E-state index in [-0.39, 0.29) is 0 Å². The lowest BCUT2D eigenvalue weighted by molar-refractivity contribution is -0.146. The van der Waals surface area contributed by atoms with Gasteiger partial charge in [0, 0.05) is 0 Å². The van der Waals surface area contributed by atoms with Crippen LogP contribution in [0.4, 0.5) is 0 Å². The van der Waals surface area contributed by atoms with Gasteiger partial charge < -0.3 is 10.2 Å². The van der Waals surface area contributed by atoms with Crippen LogP contribution in [0.3, 0.4) is 0 Å². The number of aliphatic hydroxyl groups is 1. The van der Waals surface area contributed by atoms with Crippen LogP contribution in [0.2, 0.25) is 0 Å². The van der Waals surface area contributed by atoms with Crippen molar-refractivity contribution < 1.29 is 15.0 Å². The number of aliphatic hydroxyl groups excluding tert-OH is 1. The molecule has 2 saturated carbocycles. The summed E-state index contributed by atoms with van der Waals surface area (Å²) in [7, 11) is 0. The maximum Gasteiger partial charge on any atom is 0.309 e. The van der Waals surface area contributed by atoms with Gasteiger partial charge in [0.15, 0.2) is 0 Å². The number of carboxylic acid groups (broad SMARTS) is 1. The summed E-state index contributed by atoms with van der Waals surface area (Å²) in [6.07, 6.45) is 99.0. The number of unbranched alkanes of at least 4 members (excludes halogenated alkanes) is 59. The van der Waals surface area contributed by atoms with Crippen LogP contribution in [-0.4, -0.2) is 22.3 Å². The van der Waals surface area contributed by atoms with Crippen molar-refractivity contribution in [2.24, 2.45) is 29.6 Å². The SMILES string of the molecule is CCCCCCCCCCCCCCCCCCCCCCCC[C@@H](C(=O)O)[C@H](O)CCCCCCCCCCCCCC1CC1CCCCCCCCCCCCCCC1CC1CCCCCCCCCCCCCCCCCCCC. The first kappa shape index (κ1) is 78.5. The van der Waals surface area contributed by atoms with E-state index in [1.807, 2.05) is 0 Å². The Labute approximate surface area is 523 Å². The maximum atomic E-state index is 12.0. The second kappa shape index (κ2) is 63.0. The lowest BCUT2D eigenvalue weighted by atomic mass is 9.91. The van der Waals surface area contributed by atoms with E-state index < -0.39 is 18.0 Å². The zero-order valence-electron chi connectivity index (χ0n) is 57.5. The Morgan fingerprint density at radius 1 is 0.253 bits per heavy atom. The molecule has 2 rings (SSSR count). The van der Waals surface area contributed by atoms with Crippen LogP contribution in [0.15, 0.2) is 0 Å². The molecule has 6 atom stereocenters. The van der Waals surface area contributed by atoms with Crippen LogP contribution in [0.1, 0.15) is 470 Å². The standard InChI is InChI=1S/C80H156O3/c1-3-5-7-9-11-13-15-17-19-21-23-24-25-26-28-30-32-40-46-52-58-64-70-78(80(82)83)79(81)71-65-59-53-47-41-35-39-45-51-57-63-69-77-73-76(77)68-62-56-50-44-38-34-33-37-43-49-55-61-67-75-72-74(75)66-60-54-48-42-36-31-29-27-22-20-18-16-14-12-10-8-6-4-2/h74-79,81H,3-73H2,1-2H3,(H,82,83)/t74?,75?,76?,77?,78-,79-/m1/s1. The minimum absolute atomic E-state index is 0.580. The van der Waals surface area contributed by atoms with Crippen molar-refractivity contribution >= 4 is 5.97 Å². The highest BCUT2D eigenvalue weighted by molar-refractivity contribution is 5.70. The van der Waals surface area contributed by atoms with E-state index in [9.17, 15) is 15.0 Å². The summed E-state index contributed by atoms with van der Waals surface area (Å²) < 4.78 is 0. The molecule has 0 aromatic rings. The third-order valence-electron chi connectivity index (χ3n) is 21.2. The van der Waals surface area contributed by atoms with Crippen LogP contribution in [0, 0.1) is 29.6 Å². The van der Waals surface area contributed by atoms with Crippen LogP contribution < -0.4 is 0 Å². The lowest BCUT2D eigenvalue weighted by Gasteiger charge is -2.19. The largest absolute Gasteiger partial charge is 0.481 e. The van der Waals surface area contributed by atoms with Crippen molar-refractivity contribution in [3.63, 3.8) is 0 Å². The van der Waals surface area contributed by atoms with Gasteiger partial charge in [-0.05, 0) is 49.4 Å². The molecule has 2 fully saturated rings. The molecule has 0 bridgehead atoms. The molecule has 3 nitrogen and oxygen atoms in total. The molecule has 0 saturated heterocycles. The Hall–Kier alpha value is -0.570. The molecule has 2 N–H and O–H groups in total. The monoisotopic (exact) mass is 1170 g/mol. The minimum atomic E-state index is -0.796. The second-order valence-corrected chi connectivity index (χ2v) is 29.3. The summed E-state index contributed by atoms with van der Waals surface area (Å²) in [6.45, 7) is 4.61. The molecule has 0 radical (unpaired) electrons. The Bertz CT molecular complexity index is 1260. The maximum absolute atomic E-state index is 12.0. The summed E-state index contributed by atoms with van der Waals surface area (Å²) in [4.78, 5) is 12.0. The molecule has 494 valence electrons. The smallest absolute Gasteiger partial charge is 0.309 e. The third kappa shape index (κ3) is 55.2. The van der Waals surface area contributed by atoms with E-state index in [0.29, 0.717) is 12.8 Å². The van der Waals surface area contributed by atoms with E-state index in [1.165, 1.54) is 392 Å². The summed E-state index contributed by atoms with van der Waals surface area (Å²) in [5, 5.41) is 20.6. The fourth-order valence-corrected chi connectivity index (χ4v) is 14.9. The number of carboxylic acids is 1. The van der Waals surface area contributed by atoms with Gasteiger partial charge in [0.25, 0.3) is 0 Å². The molecule has 3 heteroatoms. The molecule has 0 heterocycles. The quantitative estimate of drug-likeness (QED) is 0.0597. The first-order chi connectivity index (χ1) is 41.1. The molecule has 2 aliphatic carbocycles. The molecule has 0 spiro atoms. The minimum Gasteiger partial charge on any atom is -0.481 e. The van der Waals surface area contributed by atoms with E-state index in [0.717, 1.165) is 49.4 Å². The first-order valence-corrected chi connectivity index (χ1v) is 40.0. The Balaban J connectivity index is 1.19. The third-order valence-corrected chi connectivity index (χ3v) is 21.2. The summed E-state index contributed by atoms with van der Waals surface area (Å²) in [5.74, 6) is 3.01. The van der Waals surface area contributed by atoms with Gasteiger partial charge in [0.05, 0.1) is 12.0 Å². The molecule has 0 amide bonds. The number of carbonyl (C=O) groups is 1. The number of rotatable bonds is 73. The molecular formula is C80H156O3. The van der Waals surface area contributed by atoms with E-state index in [1.54, 1.807) is 25.7 Å². The zero-order chi connectivity index (χ0) is 59.2. The Morgan fingerprint density at radius 3 is 0.590 bits per heavy atom. The second-order valence-electron chi connectivity index (χ2n) is 29.3. The van der Waals surface area contributed by atoms with E-state index in [4.69, 9.17) is 0 Å². The fourth-order valence-electron chi connectivity index (χ4n) is 14.9. The average molecular weight is 1170 g/mol. The average Bonchev–Trinajstić information content (AvgIpc) is 4.63. The topological polar surface area (TPSA) is 57.5 Å². The number of aliphatic carboxylic acids is 1. The zero-order valence-corrected chi connectivity index (χ0v) is 57.5. The highest BCUT2D eigenvalue weighted by Gasteiger charge is 2.36. The van der Waals surface area contributed by atoms with Gasteiger partial charge in [-0.3, -0.25) is 4.79 Å². The normalized spacial score (nSPS) is 17.4. The number of hydrogen-bond acceptors (Lipinski definition) is 2. The fraction of sp³-hybridized carbons (Fsp3) is 0.988. The first-order valence-electron chi connectivity index (χ1n) is 40.0. The van der Waals surface area contributed by atoms with Gasteiger partial charge in [0.1, 0.15) is 0 Å². The molecule has 0 aliphatic heterocycles. The molecular weight excluding hydrogens is 1010 g/mol. The highest BCUT2D eigenvalue weighted by atomic mass is 16.4. The predicted molar refractivity (Wildman–Crippen MR) is 370 cm³/mol. The summed E-state index contributed by atoms with van der Waals surface area (Å²) >= 11 is 0. The lowest BCUT2D eigenvalue weighted by Crippen LogP contribution is -2.28.